The van der Waals surface area contributed by atoms with Crippen LogP contribution in [0.4, 0.5) is 10.2 Å². The second-order valence-electron chi connectivity index (χ2n) is 13.3. The van der Waals surface area contributed by atoms with Crippen LogP contribution in [0.15, 0.2) is 23.6 Å². The maximum absolute atomic E-state index is 17.0. The highest BCUT2D eigenvalue weighted by Crippen LogP contribution is 2.44. The van der Waals surface area contributed by atoms with Crippen LogP contribution < -0.4 is 15.0 Å². The number of nitrogens with one attached hydrogen (secondary N) is 1. The van der Waals surface area contributed by atoms with Crippen LogP contribution in [-0.2, 0) is 11.2 Å². The fourth-order valence-electron chi connectivity index (χ4n) is 7.90. The average molecular weight is 703 g/mol. The number of phenolic OH excluding ortho intramolecular Hbond substituents is 1. The molecule has 5 heterocycles. The van der Waals surface area contributed by atoms with E-state index in [1.165, 1.54) is 6.07 Å². The van der Waals surface area contributed by atoms with Gasteiger partial charge in [0.1, 0.15) is 29.4 Å². The zero-order valence-corrected chi connectivity index (χ0v) is 30.0. The molecular formula is C36H45BFN6O5P. The van der Waals surface area contributed by atoms with E-state index in [4.69, 9.17) is 28.7 Å². The Morgan fingerprint density at radius 2 is 1.94 bits per heavy atom. The van der Waals surface area contributed by atoms with Crippen molar-refractivity contribution in [3.63, 3.8) is 0 Å². The number of phenols is 1. The maximum Gasteiger partial charge on any atom is 0.319 e. The van der Waals surface area contributed by atoms with E-state index in [1.54, 1.807) is 19.2 Å². The Kier molecular flexibility index (Phi) is 10.7. The van der Waals surface area contributed by atoms with E-state index in [-0.39, 0.29) is 34.6 Å². The summed E-state index contributed by atoms with van der Waals surface area (Å²) in [6, 6.07) is 2.85. The molecule has 4 N–H and O–H groups in total. The predicted molar refractivity (Wildman–Crippen MR) is 195 cm³/mol. The van der Waals surface area contributed by atoms with Crippen LogP contribution >= 0.6 is 9.24 Å². The van der Waals surface area contributed by atoms with Gasteiger partial charge in [0.25, 0.3) is 0 Å². The van der Waals surface area contributed by atoms with Gasteiger partial charge >= 0.3 is 6.01 Å². The van der Waals surface area contributed by atoms with Crippen molar-refractivity contribution in [2.75, 3.05) is 44.2 Å². The van der Waals surface area contributed by atoms with Gasteiger partial charge in [-0.2, -0.15) is 9.97 Å². The number of anilines is 1. The molecule has 3 fully saturated rings. The molecule has 3 atom stereocenters. The lowest BCUT2D eigenvalue weighted by atomic mass is 9.85. The Balaban J connectivity index is 0.00000212. The zero-order valence-electron chi connectivity index (χ0n) is 28.9. The highest BCUT2D eigenvalue weighted by molar-refractivity contribution is 7.23. The summed E-state index contributed by atoms with van der Waals surface area (Å²) in [5, 5.41) is 34.6. The van der Waals surface area contributed by atoms with E-state index in [1.807, 2.05) is 18.7 Å². The third-order valence-electron chi connectivity index (χ3n) is 10.2. The molecule has 3 unspecified atom stereocenters. The molecule has 0 spiro atoms. The summed E-state index contributed by atoms with van der Waals surface area (Å²) >= 11 is 0. The molecule has 3 aromatic rings. The van der Waals surface area contributed by atoms with Gasteiger partial charge in [-0.15, -0.1) is 15.7 Å². The summed E-state index contributed by atoms with van der Waals surface area (Å²) in [7, 11) is 7.98. The minimum atomic E-state index is -2.79. The maximum atomic E-state index is 17.0. The molecule has 264 valence electrons. The van der Waals surface area contributed by atoms with Crippen molar-refractivity contribution in [2.45, 2.75) is 82.9 Å². The first kappa shape index (κ1) is 36.4. The van der Waals surface area contributed by atoms with Gasteiger partial charge in [0.05, 0.1) is 23.1 Å². The van der Waals surface area contributed by atoms with Gasteiger partial charge in [-0.25, -0.2) is 4.39 Å². The normalized spacial score (nSPS) is 20.9. The van der Waals surface area contributed by atoms with Crippen LogP contribution in [0.5, 0.6) is 11.8 Å². The van der Waals surface area contributed by atoms with Crippen molar-refractivity contribution in [3.05, 3.63) is 40.6 Å². The average Bonchev–Trinajstić information content (AvgIpc) is 3.68. The predicted octanol–water partition coefficient (Wildman–Crippen LogP) is 3.68. The first-order valence-electron chi connectivity index (χ1n) is 17.4. The minimum absolute atomic E-state index is 0.00610. The fraction of sp³-hybridized carbons (Fsp3) is 0.528. The van der Waals surface area contributed by atoms with Crippen LogP contribution in [0.3, 0.4) is 0 Å². The molecule has 2 radical (unpaired) electrons. The number of terminal acetylenes is 1. The Labute approximate surface area is 296 Å². The first-order valence-corrected chi connectivity index (χ1v) is 18.0. The Morgan fingerprint density at radius 1 is 1.20 bits per heavy atom. The van der Waals surface area contributed by atoms with Crippen LogP contribution in [0.1, 0.15) is 64.0 Å². The van der Waals surface area contributed by atoms with Crippen molar-refractivity contribution in [1.82, 2.24) is 25.2 Å². The van der Waals surface area contributed by atoms with Gasteiger partial charge < -0.3 is 35.0 Å². The van der Waals surface area contributed by atoms with Crippen LogP contribution in [0, 0.1) is 18.2 Å². The molecule has 0 saturated carbocycles. The van der Waals surface area contributed by atoms with Gasteiger partial charge in [0.15, 0.2) is 13.7 Å². The molecule has 3 aliphatic heterocycles. The number of aromatic hydroxyl groups is 1. The molecule has 0 bridgehead atoms. The lowest BCUT2D eigenvalue weighted by molar-refractivity contribution is -0.295. The number of aryl methyl sites for hydroxylation is 1. The van der Waals surface area contributed by atoms with E-state index in [0.717, 1.165) is 49.7 Å². The van der Waals surface area contributed by atoms with E-state index in [2.05, 4.69) is 35.3 Å². The molecule has 4 aliphatic rings. The van der Waals surface area contributed by atoms with Crippen molar-refractivity contribution < 1.29 is 29.2 Å². The second kappa shape index (κ2) is 14.7. The largest absolute Gasteiger partial charge is 0.508 e. The molecule has 7 rings (SSSR count). The number of aromatic nitrogens is 3. The van der Waals surface area contributed by atoms with Gasteiger partial charge in [0, 0.05) is 42.5 Å². The van der Waals surface area contributed by atoms with Crippen molar-refractivity contribution >= 4 is 39.4 Å². The quantitative estimate of drug-likeness (QED) is 0.119. The van der Waals surface area contributed by atoms with E-state index < -0.39 is 17.8 Å². The van der Waals surface area contributed by atoms with E-state index >= 15 is 4.39 Å². The Hall–Kier alpha value is -3.37. The van der Waals surface area contributed by atoms with Crippen molar-refractivity contribution in [1.29, 1.82) is 0 Å². The summed E-state index contributed by atoms with van der Waals surface area (Å²) in [5.74, 6) is -0.287. The van der Waals surface area contributed by atoms with E-state index in [0.29, 0.717) is 67.0 Å². The van der Waals surface area contributed by atoms with Crippen molar-refractivity contribution in [3.8, 4) is 35.4 Å². The standard InChI is InChI=1S/C34H39BFN6O5P.C2H6/c1-3-22-26(48)7-6-20-14-21(43)15-23(27(20)22)29-28(36)30-24(16-38-29)31(41-13-10-37-25(17-41)19(2)47-34(35,44)45)40-32(39-30)46-18-33-8-4-11-42(33)12-5-9-33;1-2/h1,14-16,19,25,37,43-45H,4-13,17-18,48H2,2H3;1-2H3. The molecule has 14 heteroatoms. The molecule has 2 aromatic heterocycles. The van der Waals surface area contributed by atoms with Gasteiger partial charge in [-0.1, -0.05) is 19.8 Å². The third kappa shape index (κ3) is 7.07. The number of hydrogen-bond acceptors (Lipinski definition) is 11. The summed E-state index contributed by atoms with van der Waals surface area (Å²) < 4.78 is 28.5. The number of benzene rings is 1. The van der Waals surface area contributed by atoms with Gasteiger partial charge in [0.2, 0.25) is 5.87 Å². The molecule has 11 nitrogen and oxygen atoms in total. The molecule has 1 aromatic carbocycles. The Morgan fingerprint density at radius 3 is 2.64 bits per heavy atom. The SMILES string of the molecule is CC.[B]C(O)(O)OC(C)C1CN(c2nc(OCC34CCCN3CCC4)nc3c(F)c(-c4cc(O)cc5c4C(C#C)=C(P)CC5)ncc23)CCN1. The number of piperazine rings is 1. The number of pyridine rings is 1. The monoisotopic (exact) mass is 702 g/mol. The number of halogens is 1. The lowest BCUT2D eigenvalue weighted by Crippen LogP contribution is -2.57. The summed E-state index contributed by atoms with van der Waals surface area (Å²) in [6.07, 6.45) is 12.4. The Bertz CT molecular complexity index is 1820. The minimum Gasteiger partial charge on any atom is -0.508 e. The molecule has 3 saturated heterocycles. The second-order valence-corrected chi connectivity index (χ2v) is 14.0. The van der Waals surface area contributed by atoms with Crippen LogP contribution in [-0.4, -0.2) is 106 Å². The molecular weight excluding hydrogens is 657 g/mol. The van der Waals surface area contributed by atoms with Gasteiger partial charge in [-0.3, -0.25) is 9.88 Å². The van der Waals surface area contributed by atoms with Crippen LogP contribution in [0.25, 0.3) is 27.7 Å². The summed E-state index contributed by atoms with van der Waals surface area (Å²) in [4.78, 5) is 18.5. The third-order valence-corrected chi connectivity index (χ3v) is 10.8. The molecule has 1 aliphatic carbocycles. The topological polar surface area (TPSA) is 136 Å². The number of aliphatic hydroxyl groups is 2. The number of fused-ring (bicyclic) bond motifs is 3. The first-order chi connectivity index (χ1) is 24.0. The highest BCUT2D eigenvalue weighted by Gasteiger charge is 2.45. The number of allylic oxidation sites excluding steroid dienone is 2. The van der Waals surface area contributed by atoms with Gasteiger partial charge in [-0.05, 0) is 81.5 Å². The fourth-order valence-corrected chi connectivity index (χ4v) is 8.27. The summed E-state index contributed by atoms with van der Waals surface area (Å²) in [5.41, 5.74) is 2.49. The number of rotatable bonds is 8. The molecule has 0 amide bonds. The number of ether oxygens (including phenoxy) is 2. The van der Waals surface area contributed by atoms with E-state index in [9.17, 15) is 15.3 Å². The zero-order chi connectivity index (χ0) is 35.8. The number of nitrogens with zero attached hydrogens (tertiary/aromatic N) is 5. The van der Waals surface area contributed by atoms with Crippen molar-refractivity contribution in [2.24, 2.45) is 0 Å². The molecule has 50 heavy (non-hydrogen) atoms. The lowest BCUT2D eigenvalue weighted by Gasteiger charge is -2.39. The smallest absolute Gasteiger partial charge is 0.319 e. The number of hydrogen-bond donors (Lipinski definition) is 4. The van der Waals surface area contributed by atoms with Crippen LogP contribution in [0.2, 0.25) is 0 Å². The summed E-state index contributed by atoms with van der Waals surface area (Å²) in [6.45, 7) is 9.49. The highest BCUT2D eigenvalue weighted by atomic mass is 31.0.